The summed E-state index contributed by atoms with van der Waals surface area (Å²) in [6.45, 7) is 3.58. The molecule has 0 atom stereocenters. The topological polar surface area (TPSA) is 96.2 Å². The number of aryl methyl sites for hydroxylation is 1. The Balaban J connectivity index is 1.92. The third-order valence-corrected chi connectivity index (χ3v) is 5.35. The molecule has 1 amide bonds. The molecule has 1 aromatic heterocycles. The summed E-state index contributed by atoms with van der Waals surface area (Å²) in [5.41, 5.74) is 2.11. The zero-order valence-corrected chi connectivity index (χ0v) is 18.2. The van der Waals surface area contributed by atoms with Gasteiger partial charge in [0.2, 0.25) is 0 Å². The molecule has 0 saturated carbocycles. The van der Waals surface area contributed by atoms with Crippen LogP contribution in [0, 0.1) is 6.92 Å². The second-order valence-electron chi connectivity index (χ2n) is 6.56. The van der Waals surface area contributed by atoms with E-state index in [4.69, 9.17) is 14.2 Å². The van der Waals surface area contributed by atoms with E-state index in [2.05, 4.69) is 4.99 Å². The molecule has 2 aromatic carbocycles. The average molecular weight is 442 g/mol. The van der Waals surface area contributed by atoms with Gasteiger partial charge in [0.25, 0.3) is 5.91 Å². The van der Waals surface area contributed by atoms with Crippen molar-refractivity contribution < 1.29 is 28.6 Å². The van der Waals surface area contributed by atoms with E-state index in [9.17, 15) is 14.4 Å². The Kier molecular flexibility index (Phi) is 7.19. The number of methoxy groups -OCH3 is 1. The third-order valence-electron chi connectivity index (χ3n) is 4.31. The zero-order chi connectivity index (χ0) is 22.4. The molecule has 0 aliphatic rings. The second kappa shape index (κ2) is 10.0. The fourth-order valence-electron chi connectivity index (χ4n) is 2.76. The van der Waals surface area contributed by atoms with Crippen LogP contribution in [-0.2, 0) is 25.6 Å². The smallest absolute Gasteiger partial charge is 0.338 e. The van der Waals surface area contributed by atoms with E-state index < -0.39 is 17.8 Å². The van der Waals surface area contributed by atoms with Crippen LogP contribution in [0.5, 0.6) is 5.75 Å². The summed E-state index contributed by atoms with van der Waals surface area (Å²) < 4.78 is 17.5. The van der Waals surface area contributed by atoms with E-state index in [0.29, 0.717) is 26.3 Å². The van der Waals surface area contributed by atoms with Gasteiger partial charge in [-0.1, -0.05) is 29.0 Å². The minimum Gasteiger partial charge on any atom is -0.484 e. The number of amides is 1. The minimum absolute atomic E-state index is 0.125. The van der Waals surface area contributed by atoms with Crippen molar-refractivity contribution in [3.8, 4) is 5.75 Å². The standard InChI is InChI=1S/C22H22N2O6S/c1-4-29-21(27)15-7-10-17-18(11-15)31-22(24(17)12-20(26)28-3)23-19(25)13-30-16-8-5-14(2)6-9-16/h5-11H,4,12-13H2,1-3H3. The molecule has 0 unspecified atom stereocenters. The third kappa shape index (κ3) is 5.58. The highest BCUT2D eigenvalue weighted by molar-refractivity contribution is 7.16. The van der Waals surface area contributed by atoms with Gasteiger partial charge in [0.1, 0.15) is 12.3 Å². The first-order chi connectivity index (χ1) is 14.9. The molecule has 0 aliphatic heterocycles. The second-order valence-corrected chi connectivity index (χ2v) is 7.57. The number of hydrogen-bond acceptors (Lipinski definition) is 7. The van der Waals surface area contributed by atoms with E-state index in [1.807, 2.05) is 19.1 Å². The molecule has 9 heteroatoms. The largest absolute Gasteiger partial charge is 0.484 e. The van der Waals surface area contributed by atoms with E-state index >= 15 is 0 Å². The number of aromatic nitrogens is 1. The normalized spacial score (nSPS) is 11.4. The maximum Gasteiger partial charge on any atom is 0.338 e. The van der Waals surface area contributed by atoms with Gasteiger partial charge in [0, 0.05) is 0 Å². The van der Waals surface area contributed by atoms with Crippen LogP contribution in [0.4, 0.5) is 0 Å². The van der Waals surface area contributed by atoms with Crippen molar-refractivity contribution in [3.05, 3.63) is 58.4 Å². The van der Waals surface area contributed by atoms with Gasteiger partial charge in [-0.2, -0.15) is 4.99 Å². The number of carbonyl (C=O) groups excluding carboxylic acids is 3. The van der Waals surface area contributed by atoms with E-state index in [1.54, 1.807) is 41.8 Å². The Morgan fingerprint density at radius 1 is 1.10 bits per heavy atom. The highest BCUT2D eigenvalue weighted by Crippen LogP contribution is 2.20. The number of thiazole rings is 1. The van der Waals surface area contributed by atoms with Gasteiger partial charge in [-0.15, -0.1) is 0 Å². The molecule has 0 saturated heterocycles. The summed E-state index contributed by atoms with van der Waals surface area (Å²) in [6.07, 6.45) is 0. The summed E-state index contributed by atoms with van der Waals surface area (Å²) in [4.78, 5) is 40.8. The van der Waals surface area contributed by atoms with E-state index in [1.165, 1.54) is 18.4 Å². The quantitative estimate of drug-likeness (QED) is 0.522. The summed E-state index contributed by atoms with van der Waals surface area (Å²) in [5.74, 6) is -0.874. The maximum atomic E-state index is 12.4. The molecule has 0 spiro atoms. The lowest BCUT2D eigenvalue weighted by atomic mass is 10.2. The van der Waals surface area contributed by atoms with Gasteiger partial charge in [-0.3, -0.25) is 9.59 Å². The molecule has 0 N–H and O–H groups in total. The number of esters is 2. The molecule has 162 valence electrons. The lowest BCUT2D eigenvalue weighted by molar-refractivity contribution is -0.141. The summed E-state index contributed by atoms with van der Waals surface area (Å²) in [7, 11) is 1.29. The molecule has 0 radical (unpaired) electrons. The first kappa shape index (κ1) is 22.2. The van der Waals surface area contributed by atoms with Crippen molar-refractivity contribution >= 4 is 39.4 Å². The first-order valence-corrected chi connectivity index (χ1v) is 10.4. The molecular formula is C22H22N2O6S. The molecule has 3 aromatic rings. The predicted molar refractivity (Wildman–Crippen MR) is 115 cm³/mol. The highest BCUT2D eigenvalue weighted by atomic mass is 32.1. The fourth-order valence-corrected chi connectivity index (χ4v) is 3.85. The van der Waals surface area contributed by atoms with Crippen LogP contribution >= 0.6 is 11.3 Å². The number of rotatable bonds is 7. The van der Waals surface area contributed by atoms with Crippen molar-refractivity contribution in [2.24, 2.45) is 4.99 Å². The molecule has 0 aliphatic carbocycles. The lowest BCUT2D eigenvalue weighted by Crippen LogP contribution is -2.23. The Bertz CT molecular complexity index is 1180. The Morgan fingerprint density at radius 3 is 2.52 bits per heavy atom. The Morgan fingerprint density at radius 2 is 1.84 bits per heavy atom. The van der Waals surface area contributed by atoms with Gasteiger partial charge < -0.3 is 18.8 Å². The Hall–Kier alpha value is -3.46. The number of nitrogens with zero attached hydrogens (tertiary/aromatic N) is 2. The molecule has 1 heterocycles. The monoisotopic (exact) mass is 442 g/mol. The molecule has 31 heavy (non-hydrogen) atoms. The van der Waals surface area contributed by atoms with Gasteiger partial charge in [-0.25, -0.2) is 4.79 Å². The van der Waals surface area contributed by atoms with E-state index in [-0.39, 0.29) is 19.8 Å². The number of benzene rings is 2. The van der Waals surface area contributed by atoms with Crippen LogP contribution in [0.3, 0.4) is 0 Å². The van der Waals surface area contributed by atoms with Gasteiger partial charge in [-0.05, 0) is 44.2 Å². The van der Waals surface area contributed by atoms with E-state index in [0.717, 1.165) is 5.56 Å². The van der Waals surface area contributed by atoms with Gasteiger partial charge in [0.05, 0.1) is 29.5 Å². The van der Waals surface area contributed by atoms with Crippen LogP contribution in [0.2, 0.25) is 0 Å². The highest BCUT2D eigenvalue weighted by Gasteiger charge is 2.15. The SMILES string of the molecule is CCOC(=O)c1ccc2c(c1)sc(=NC(=O)COc1ccc(C)cc1)n2CC(=O)OC. The van der Waals surface area contributed by atoms with Crippen LogP contribution in [0.1, 0.15) is 22.8 Å². The molecule has 8 nitrogen and oxygen atoms in total. The number of ether oxygens (including phenoxy) is 3. The van der Waals surface area contributed by atoms with Crippen molar-refractivity contribution in [1.29, 1.82) is 0 Å². The van der Waals surface area contributed by atoms with Crippen molar-refractivity contribution in [2.75, 3.05) is 20.3 Å². The van der Waals surface area contributed by atoms with Crippen molar-refractivity contribution in [1.82, 2.24) is 4.57 Å². The molecular weight excluding hydrogens is 420 g/mol. The predicted octanol–water partition coefficient (Wildman–Crippen LogP) is 2.87. The maximum absolute atomic E-state index is 12.4. The van der Waals surface area contributed by atoms with Crippen molar-refractivity contribution in [3.63, 3.8) is 0 Å². The van der Waals surface area contributed by atoms with Crippen LogP contribution in [0.15, 0.2) is 47.5 Å². The zero-order valence-electron chi connectivity index (χ0n) is 17.4. The fraction of sp³-hybridized carbons (Fsp3) is 0.273. The van der Waals surface area contributed by atoms with Crippen LogP contribution in [-0.4, -0.2) is 42.7 Å². The average Bonchev–Trinajstić information content (AvgIpc) is 3.09. The number of carbonyl (C=O) groups is 3. The molecule has 3 rings (SSSR count). The minimum atomic E-state index is -0.503. The van der Waals surface area contributed by atoms with Crippen LogP contribution < -0.4 is 9.54 Å². The summed E-state index contributed by atoms with van der Waals surface area (Å²) in [5, 5.41) is 0. The summed E-state index contributed by atoms with van der Waals surface area (Å²) in [6, 6.07) is 12.3. The molecule has 0 fully saturated rings. The van der Waals surface area contributed by atoms with Crippen molar-refractivity contribution in [2.45, 2.75) is 20.4 Å². The van der Waals surface area contributed by atoms with Gasteiger partial charge in [0.15, 0.2) is 11.4 Å². The number of fused-ring (bicyclic) bond motifs is 1. The van der Waals surface area contributed by atoms with Gasteiger partial charge >= 0.3 is 11.9 Å². The van der Waals surface area contributed by atoms with Crippen LogP contribution in [0.25, 0.3) is 10.2 Å². The molecule has 0 bridgehead atoms. The first-order valence-electron chi connectivity index (χ1n) is 9.55. The Labute approximate surface area is 182 Å². The lowest BCUT2D eigenvalue weighted by Gasteiger charge is -2.05. The number of hydrogen-bond donors (Lipinski definition) is 0. The summed E-state index contributed by atoms with van der Waals surface area (Å²) >= 11 is 1.18.